The molecule has 0 heterocycles. The van der Waals surface area contributed by atoms with E-state index in [9.17, 15) is 8.42 Å². The van der Waals surface area contributed by atoms with Crippen molar-refractivity contribution in [2.24, 2.45) is 0 Å². The van der Waals surface area contributed by atoms with Gasteiger partial charge in [0.2, 0.25) is 10.0 Å². The highest BCUT2D eigenvalue weighted by atomic mass is 32.2. The van der Waals surface area contributed by atoms with Gasteiger partial charge in [0.05, 0.1) is 10.9 Å². The van der Waals surface area contributed by atoms with Crippen molar-refractivity contribution in [1.82, 2.24) is 9.62 Å². The third kappa shape index (κ3) is 4.74. The second-order valence-corrected chi connectivity index (χ2v) is 10.4. The lowest BCUT2D eigenvalue weighted by atomic mass is 10.0. The van der Waals surface area contributed by atoms with Gasteiger partial charge >= 0.3 is 0 Å². The Kier molecular flexibility index (Phi) is 6.28. The maximum Gasteiger partial charge on any atom is 0.240 e. The fourth-order valence-corrected chi connectivity index (χ4v) is 5.75. The van der Waals surface area contributed by atoms with Crippen LogP contribution in [0.3, 0.4) is 0 Å². The molecule has 0 spiro atoms. The molecule has 4 nitrogen and oxygen atoms in total. The minimum Gasteiger partial charge on any atom is -0.293 e. The first-order valence-electron chi connectivity index (χ1n) is 10.8. The Hall–Kier alpha value is -2.47. The molecule has 162 valence electrons. The predicted octanol–water partition coefficient (Wildman–Crippen LogP) is 4.89. The molecule has 5 heteroatoms. The van der Waals surface area contributed by atoms with Crippen molar-refractivity contribution in [2.75, 3.05) is 7.05 Å². The van der Waals surface area contributed by atoms with Crippen molar-refractivity contribution in [3.05, 3.63) is 101 Å². The van der Waals surface area contributed by atoms with Crippen LogP contribution < -0.4 is 4.72 Å². The monoisotopic (exact) mass is 434 g/mol. The van der Waals surface area contributed by atoms with E-state index in [4.69, 9.17) is 0 Å². The molecule has 0 radical (unpaired) electrons. The van der Waals surface area contributed by atoms with Gasteiger partial charge in [-0.15, -0.1) is 0 Å². The average molecular weight is 435 g/mol. The molecule has 31 heavy (non-hydrogen) atoms. The molecule has 2 atom stereocenters. The molecule has 0 bridgehead atoms. The van der Waals surface area contributed by atoms with Crippen LogP contribution >= 0.6 is 0 Å². The second-order valence-electron chi connectivity index (χ2n) is 8.70. The van der Waals surface area contributed by atoms with E-state index in [1.165, 1.54) is 22.3 Å². The van der Waals surface area contributed by atoms with E-state index in [0.717, 1.165) is 6.54 Å². The maximum atomic E-state index is 13.0. The van der Waals surface area contributed by atoms with Gasteiger partial charge in [0.1, 0.15) is 0 Å². The quantitative estimate of drug-likeness (QED) is 0.576. The summed E-state index contributed by atoms with van der Waals surface area (Å²) in [4.78, 5) is 2.56. The summed E-state index contributed by atoms with van der Waals surface area (Å²) in [7, 11) is -1.52. The summed E-state index contributed by atoms with van der Waals surface area (Å²) < 4.78 is 29.1. The van der Waals surface area contributed by atoms with E-state index >= 15 is 0 Å². The molecule has 3 aromatic carbocycles. The number of likely N-dealkylation sites (N-methyl/N-ethyl adjacent to an activating group) is 1. The minimum absolute atomic E-state index is 0.0283. The van der Waals surface area contributed by atoms with Crippen molar-refractivity contribution < 1.29 is 8.42 Å². The van der Waals surface area contributed by atoms with Crippen LogP contribution in [0.4, 0.5) is 0 Å². The first-order chi connectivity index (χ1) is 14.8. The van der Waals surface area contributed by atoms with E-state index in [-0.39, 0.29) is 12.1 Å². The van der Waals surface area contributed by atoms with E-state index in [0.29, 0.717) is 17.2 Å². The summed E-state index contributed by atoms with van der Waals surface area (Å²) in [6.45, 7) is 5.14. The SMILES string of the molecule is CC(C)c1ccc(CN(C)C2c3ccccc3CC2NS(=O)(=O)c2ccccc2)cc1. The van der Waals surface area contributed by atoms with Gasteiger partial charge in [-0.25, -0.2) is 13.1 Å². The average Bonchev–Trinajstić information content (AvgIpc) is 3.12. The summed E-state index contributed by atoms with van der Waals surface area (Å²) in [6, 6.07) is 25.4. The number of rotatable bonds is 7. The third-order valence-electron chi connectivity index (χ3n) is 6.11. The van der Waals surface area contributed by atoms with Gasteiger partial charge in [-0.2, -0.15) is 0 Å². The number of nitrogens with zero attached hydrogens (tertiary/aromatic N) is 1. The van der Waals surface area contributed by atoms with Crippen molar-refractivity contribution >= 4 is 10.0 Å². The number of fused-ring (bicyclic) bond motifs is 1. The molecular formula is C26H30N2O2S. The molecule has 1 N–H and O–H groups in total. The summed E-state index contributed by atoms with van der Waals surface area (Å²) in [6.07, 6.45) is 0.684. The topological polar surface area (TPSA) is 49.4 Å². The third-order valence-corrected chi connectivity index (χ3v) is 7.61. The van der Waals surface area contributed by atoms with E-state index in [1.54, 1.807) is 24.3 Å². The lowest BCUT2D eigenvalue weighted by Gasteiger charge is -2.31. The zero-order valence-electron chi connectivity index (χ0n) is 18.3. The van der Waals surface area contributed by atoms with E-state index < -0.39 is 10.0 Å². The number of nitrogens with one attached hydrogen (secondary N) is 1. The Labute approximate surface area is 186 Å². The summed E-state index contributed by atoms with van der Waals surface area (Å²) in [5.74, 6) is 0.505. The standard InChI is InChI=1S/C26H30N2O2S/c1-19(2)21-15-13-20(14-16-21)18-28(3)26-24-12-8-7-9-22(24)17-25(26)27-31(29,30)23-10-5-4-6-11-23/h4-16,19,25-27H,17-18H2,1-3H3. The second kappa shape index (κ2) is 8.95. The van der Waals surface area contributed by atoms with Crippen LogP contribution in [0, 0.1) is 0 Å². The van der Waals surface area contributed by atoms with E-state index in [2.05, 4.69) is 66.9 Å². The molecule has 0 saturated heterocycles. The van der Waals surface area contributed by atoms with E-state index in [1.807, 2.05) is 18.2 Å². The van der Waals surface area contributed by atoms with Gasteiger partial charge in [-0.1, -0.05) is 80.6 Å². The van der Waals surface area contributed by atoms with Gasteiger partial charge < -0.3 is 0 Å². The fraction of sp³-hybridized carbons (Fsp3) is 0.308. The molecule has 0 amide bonds. The van der Waals surface area contributed by atoms with Gasteiger partial charge in [0, 0.05) is 12.6 Å². The molecule has 0 saturated carbocycles. The smallest absolute Gasteiger partial charge is 0.240 e. The molecule has 0 aromatic heterocycles. The number of sulfonamides is 1. The number of hydrogen-bond donors (Lipinski definition) is 1. The number of benzene rings is 3. The lowest BCUT2D eigenvalue weighted by Crippen LogP contribution is -2.43. The first kappa shape index (κ1) is 21.8. The van der Waals surface area contributed by atoms with Crippen LogP contribution in [0.15, 0.2) is 83.8 Å². The maximum absolute atomic E-state index is 13.0. The number of hydrogen-bond acceptors (Lipinski definition) is 3. The predicted molar refractivity (Wildman–Crippen MR) is 125 cm³/mol. The Morgan fingerprint density at radius 3 is 2.26 bits per heavy atom. The highest BCUT2D eigenvalue weighted by Crippen LogP contribution is 2.36. The van der Waals surface area contributed by atoms with Crippen molar-refractivity contribution in [2.45, 2.75) is 49.7 Å². The van der Waals surface area contributed by atoms with Crippen LogP contribution in [-0.2, 0) is 23.0 Å². The van der Waals surface area contributed by atoms with Gasteiger partial charge in [-0.3, -0.25) is 4.90 Å². The van der Waals surface area contributed by atoms with Crippen LogP contribution in [0.25, 0.3) is 0 Å². The zero-order valence-corrected chi connectivity index (χ0v) is 19.1. The Bertz CT molecular complexity index is 1130. The molecule has 3 aromatic rings. The van der Waals surface area contributed by atoms with Crippen molar-refractivity contribution in [3.8, 4) is 0 Å². The largest absolute Gasteiger partial charge is 0.293 e. The van der Waals surface area contributed by atoms with Crippen LogP contribution in [0.1, 0.15) is 48.1 Å². The zero-order chi connectivity index (χ0) is 22.0. The summed E-state index contributed by atoms with van der Waals surface area (Å²) in [5.41, 5.74) is 4.95. The molecule has 1 aliphatic rings. The Balaban J connectivity index is 1.59. The molecule has 0 fully saturated rings. The van der Waals surface area contributed by atoms with Gasteiger partial charge in [0.25, 0.3) is 0 Å². The van der Waals surface area contributed by atoms with Crippen molar-refractivity contribution in [1.29, 1.82) is 0 Å². The first-order valence-corrected chi connectivity index (χ1v) is 12.3. The lowest BCUT2D eigenvalue weighted by molar-refractivity contribution is 0.209. The van der Waals surface area contributed by atoms with Crippen molar-refractivity contribution in [3.63, 3.8) is 0 Å². The Morgan fingerprint density at radius 1 is 0.935 bits per heavy atom. The fourth-order valence-electron chi connectivity index (χ4n) is 4.49. The summed E-state index contributed by atoms with van der Waals surface area (Å²) >= 11 is 0. The van der Waals surface area contributed by atoms with Crippen LogP contribution in [-0.4, -0.2) is 26.4 Å². The highest BCUT2D eigenvalue weighted by molar-refractivity contribution is 7.89. The van der Waals surface area contributed by atoms with Gasteiger partial charge in [-0.05, 0) is 53.8 Å². The Morgan fingerprint density at radius 2 is 1.58 bits per heavy atom. The van der Waals surface area contributed by atoms with Crippen LogP contribution in [0.2, 0.25) is 0 Å². The molecule has 2 unspecified atom stereocenters. The highest BCUT2D eigenvalue weighted by Gasteiger charge is 2.37. The normalized spacial score (nSPS) is 18.5. The summed E-state index contributed by atoms with van der Waals surface area (Å²) in [5, 5.41) is 0. The molecule has 0 aliphatic heterocycles. The molecule has 4 rings (SSSR count). The van der Waals surface area contributed by atoms with Gasteiger partial charge in [0.15, 0.2) is 0 Å². The molecule has 1 aliphatic carbocycles. The van der Waals surface area contributed by atoms with Crippen LogP contribution in [0.5, 0.6) is 0 Å². The minimum atomic E-state index is -3.59. The molecular weight excluding hydrogens is 404 g/mol.